The van der Waals surface area contributed by atoms with Gasteiger partial charge in [0.25, 0.3) is 0 Å². The van der Waals surface area contributed by atoms with Gasteiger partial charge in [-0.3, -0.25) is 0 Å². The van der Waals surface area contributed by atoms with Gasteiger partial charge in [0.05, 0.1) is 11.0 Å². The molecular formula is C10H12ClNOS. The quantitative estimate of drug-likeness (QED) is 0.371. The Labute approximate surface area is 93.0 Å². The van der Waals surface area contributed by atoms with E-state index in [0.717, 1.165) is 9.92 Å². The zero-order valence-corrected chi connectivity index (χ0v) is 9.64. The van der Waals surface area contributed by atoms with Crippen molar-refractivity contribution >= 4 is 29.6 Å². The van der Waals surface area contributed by atoms with Crippen LogP contribution in [0.1, 0.15) is 13.8 Å². The first kappa shape index (κ1) is 11.4. The van der Waals surface area contributed by atoms with E-state index in [9.17, 15) is 0 Å². The summed E-state index contributed by atoms with van der Waals surface area (Å²) >= 11 is 7.38. The predicted octanol–water partition coefficient (Wildman–Crippen LogP) is 3.67. The van der Waals surface area contributed by atoms with Crippen LogP contribution in [0.4, 0.5) is 0 Å². The molecule has 0 aliphatic carbocycles. The monoisotopic (exact) mass is 229 g/mol. The summed E-state index contributed by atoms with van der Waals surface area (Å²) in [6.07, 6.45) is 1.51. The lowest BCUT2D eigenvalue weighted by Crippen LogP contribution is -2.15. The van der Waals surface area contributed by atoms with E-state index in [1.54, 1.807) is 11.8 Å². The number of hydrogen-bond acceptors (Lipinski definition) is 3. The van der Waals surface area contributed by atoms with Gasteiger partial charge in [0.2, 0.25) is 0 Å². The van der Waals surface area contributed by atoms with Crippen molar-refractivity contribution in [2.45, 2.75) is 23.5 Å². The van der Waals surface area contributed by atoms with Gasteiger partial charge in [-0.1, -0.05) is 11.6 Å². The Morgan fingerprint density at radius 2 is 1.93 bits per heavy atom. The van der Waals surface area contributed by atoms with E-state index in [2.05, 4.69) is 5.16 Å². The molecule has 0 saturated carbocycles. The predicted molar refractivity (Wildman–Crippen MR) is 61.7 cm³/mol. The Bertz CT molecular complexity index is 321. The smallest absolute Gasteiger partial charge is 0.0594 e. The molecule has 1 N–H and O–H groups in total. The summed E-state index contributed by atoms with van der Waals surface area (Å²) < 4.78 is -0.220. The number of nitrogens with zero attached hydrogens (tertiary/aromatic N) is 1. The second-order valence-electron chi connectivity index (χ2n) is 3.40. The van der Waals surface area contributed by atoms with Crippen molar-refractivity contribution in [3.8, 4) is 0 Å². The summed E-state index contributed by atoms with van der Waals surface area (Å²) in [5.74, 6) is 0. The minimum atomic E-state index is -0.220. The molecule has 4 heteroatoms. The highest BCUT2D eigenvalue weighted by Crippen LogP contribution is 2.31. The van der Waals surface area contributed by atoms with Crippen LogP contribution in [0, 0.1) is 0 Å². The van der Waals surface area contributed by atoms with Gasteiger partial charge in [0.15, 0.2) is 0 Å². The highest BCUT2D eigenvalue weighted by Gasteiger charge is 2.16. The fourth-order valence-electron chi connectivity index (χ4n) is 0.972. The first-order chi connectivity index (χ1) is 6.53. The molecular weight excluding hydrogens is 218 g/mol. The number of thioether (sulfide) groups is 1. The van der Waals surface area contributed by atoms with Crippen LogP contribution in [-0.2, 0) is 0 Å². The van der Waals surface area contributed by atoms with E-state index >= 15 is 0 Å². The molecule has 1 aromatic carbocycles. The molecule has 14 heavy (non-hydrogen) atoms. The lowest BCUT2D eigenvalue weighted by atomic mass is 10.2. The number of rotatable bonds is 3. The third-order valence-corrected chi connectivity index (χ3v) is 2.95. The molecule has 1 aromatic rings. The maximum absolute atomic E-state index is 8.46. The van der Waals surface area contributed by atoms with Crippen molar-refractivity contribution in [1.82, 2.24) is 0 Å². The van der Waals surface area contributed by atoms with Crippen LogP contribution in [0.25, 0.3) is 0 Å². The van der Waals surface area contributed by atoms with Gasteiger partial charge in [-0.05, 0) is 38.1 Å². The van der Waals surface area contributed by atoms with Crippen molar-refractivity contribution in [2.24, 2.45) is 5.16 Å². The summed E-state index contributed by atoms with van der Waals surface area (Å²) in [5.41, 5.74) is 0. The minimum Gasteiger partial charge on any atom is -0.411 e. The Kier molecular flexibility index (Phi) is 3.84. The normalized spacial score (nSPS) is 12.2. The van der Waals surface area contributed by atoms with Crippen molar-refractivity contribution in [3.63, 3.8) is 0 Å². The summed E-state index contributed by atoms with van der Waals surface area (Å²) in [6.45, 7) is 3.96. The number of halogens is 1. The Morgan fingerprint density at radius 3 is 2.43 bits per heavy atom. The second kappa shape index (κ2) is 4.71. The van der Waals surface area contributed by atoms with Crippen molar-refractivity contribution in [1.29, 1.82) is 0 Å². The molecule has 0 amide bonds. The molecule has 2 nitrogen and oxygen atoms in total. The van der Waals surface area contributed by atoms with Gasteiger partial charge < -0.3 is 5.21 Å². The first-order valence-electron chi connectivity index (χ1n) is 4.17. The molecule has 0 fully saturated rings. The first-order valence-corrected chi connectivity index (χ1v) is 5.36. The van der Waals surface area contributed by atoms with E-state index in [0.29, 0.717) is 0 Å². The number of hydrogen-bond donors (Lipinski definition) is 1. The second-order valence-corrected chi connectivity index (χ2v) is 5.57. The minimum absolute atomic E-state index is 0.220. The highest BCUT2D eigenvalue weighted by molar-refractivity contribution is 8.01. The van der Waals surface area contributed by atoms with Gasteiger partial charge in [0.1, 0.15) is 0 Å². The molecule has 0 saturated heterocycles. The molecule has 0 aromatic heterocycles. The Hall–Kier alpha value is -0.670. The van der Waals surface area contributed by atoms with Gasteiger partial charge in [-0.25, -0.2) is 0 Å². The van der Waals surface area contributed by atoms with Crippen molar-refractivity contribution in [3.05, 3.63) is 29.3 Å². The van der Waals surface area contributed by atoms with Crippen LogP contribution in [0.2, 0.25) is 5.02 Å². The molecule has 0 aliphatic rings. The molecule has 0 atom stereocenters. The zero-order valence-electron chi connectivity index (χ0n) is 8.07. The molecule has 0 radical (unpaired) electrons. The van der Waals surface area contributed by atoms with Gasteiger partial charge >= 0.3 is 0 Å². The van der Waals surface area contributed by atoms with Crippen molar-refractivity contribution < 1.29 is 5.21 Å². The number of benzene rings is 1. The summed E-state index contributed by atoms with van der Waals surface area (Å²) in [4.78, 5) is 1.10. The SMILES string of the molecule is CC(C)(C=NO)Sc1ccc(Cl)cc1. The summed E-state index contributed by atoms with van der Waals surface area (Å²) in [6, 6.07) is 7.58. The molecule has 0 unspecified atom stereocenters. The van der Waals surface area contributed by atoms with Gasteiger partial charge in [-0.2, -0.15) is 0 Å². The van der Waals surface area contributed by atoms with E-state index in [4.69, 9.17) is 16.8 Å². The van der Waals surface area contributed by atoms with E-state index in [1.807, 2.05) is 38.1 Å². The van der Waals surface area contributed by atoms with Gasteiger partial charge in [-0.15, -0.1) is 16.9 Å². The molecule has 1 rings (SSSR count). The fourth-order valence-corrected chi connectivity index (χ4v) is 2.08. The lowest BCUT2D eigenvalue weighted by molar-refractivity contribution is 0.319. The van der Waals surface area contributed by atoms with Crippen LogP contribution in [0.15, 0.2) is 34.3 Å². The lowest BCUT2D eigenvalue weighted by Gasteiger charge is -2.17. The molecule has 0 spiro atoms. The summed E-state index contributed by atoms with van der Waals surface area (Å²) in [5, 5.41) is 12.2. The largest absolute Gasteiger partial charge is 0.411 e. The van der Waals surface area contributed by atoms with Crippen LogP contribution in [0.5, 0.6) is 0 Å². The number of oxime groups is 1. The topological polar surface area (TPSA) is 32.6 Å². The average Bonchev–Trinajstić information content (AvgIpc) is 2.08. The average molecular weight is 230 g/mol. The van der Waals surface area contributed by atoms with E-state index < -0.39 is 0 Å². The molecule has 0 bridgehead atoms. The van der Waals surface area contributed by atoms with Gasteiger partial charge in [0, 0.05) is 9.92 Å². The van der Waals surface area contributed by atoms with Crippen molar-refractivity contribution in [2.75, 3.05) is 0 Å². The van der Waals surface area contributed by atoms with Crippen LogP contribution < -0.4 is 0 Å². The highest BCUT2D eigenvalue weighted by atomic mass is 35.5. The third kappa shape index (κ3) is 3.60. The van der Waals surface area contributed by atoms with Crippen LogP contribution in [-0.4, -0.2) is 16.2 Å². The Morgan fingerprint density at radius 1 is 1.36 bits per heavy atom. The maximum Gasteiger partial charge on any atom is 0.0594 e. The summed E-state index contributed by atoms with van der Waals surface area (Å²) in [7, 11) is 0. The molecule has 0 aliphatic heterocycles. The zero-order chi connectivity index (χ0) is 10.6. The van der Waals surface area contributed by atoms with E-state index in [-0.39, 0.29) is 4.75 Å². The van der Waals surface area contributed by atoms with Crippen LogP contribution >= 0.6 is 23.4 Å². The van der Waals surface area contributed by atoms with E-state index in [1.165, 1.54) is 6.21 Å². The third-order valence-electron chi connectivity index (χ3n) is 1.56. The standard InChI is InChI=1S/C10H12ClNOS/c1-10(2,7-12-13)14-9-5-3-8(11)4-6-9/h3-7,13H,1-2H3. The Balaban J connectivity index is 2.73. The van der Waals surface area contributed by atoms with Crippen LogP contribution in [0.3, 0.4) is 0 Å². The maximum atomic E-state index is 8.46. The molecule has 0 heterocycles. The fraction of sp³-hybridized carbons (Fsp3) is 0.300. The molecule has 76 valence electrons.